The fourth-order valence-corrected chi connectivity index (χ4v) is 3.98. The van der Waals surface area contributed by atoms with Crippen molar-refractivity contribution < 1.29 is 0 Å². The molecule has 0 saturated heterocycles. The number of aromatic nitrogens is 5. The quantitative estimate of drug-likeness (QED) is 0.388. The lowest BCUT2D eigenvalue weighted by Gasteiger charge is -2.05. The summed E-state index contributed by atoms with van der Waals surface area (Å²) in [5.74, 6) is 0. The van der Waals surface area contributed by atoms with E-state index >= 15 is 0 Å². The molecular formula is C26H18N6O. The van der Waals surface area contributed by atoms with Crippen LogP contribution in [0.2, 0.25) is 0 Å². The van der Waals surface area contributed by atoms with Crippen LogP contribution in [0.15, 0.2) is 95.1 Å². The first-order valence-corrected chi connectivity index (χ1v) is 10.5. The number of fused-ring (bicyclic) bond motifs is 4. The van der Waals surface area contributed by atoms with Gasteiger partial charge in [0, 0.05) is 0 Å². The maximum atomic E-state index is 13.6. The molecule has 0 fully saturated rings. The fourth-order valence-electron chi connectivity index (χ4n) is 3.98. The van der Waals surface area contributed by atoms with Gasteiger partial charge < -0.3 is 0 Å². The third-order valence-corrected chi connectivity index (χ3v) is 5.54. The summed E-state index contributed by atoms with van der Waals surface area (Å²) in [5.41, 5.74) is 5.41. The summed E-state index contributed by atoms with van der Waals surface area (Å²) in [6, 6.07) is 25.0. The van der Waals surface area contributed by atoms with Gasteiger partial charge in [0.1, 0.15) is 17.2 Å². The Morgan fingerprint density at radius 1 is 0.848 bits per heavy atom. The average molecular weight is 430 g/mol. The number of nitrogens with zero attached hydrogens (tertiary/aromatic N) is 6. The molecule has 7 nitrogen and oxygen atoms in total. The first-order chi connectivity index (χ1) is 16.2. The number of hydrogen-bond acceptors (Lipinski definition) is 5. The Balaban J connectivity index is 1.68. The van der Waals surface area contributed by atoms with Gasteiger partial charge in [0.15, 0.2) is 11.3 Å². The van der Waals surface area contributed by atoms with E-state index in [0.717, 1.165) is 22.3 Å². The summed E-state index contributed by atoms with van der Waals surface area (Å²) in [5, 5.41) is 5.05. The summed E-state index contributed by atoms with van der Waals surface area (Å²) < 4.78 is 3.12. The molecule has 0 saturated carbocycles. The largest absolute Gasteiger partial charge is 0.269 e. The van der Waals surface area contributed by atoms with E-state index in [1.165, 1.54) is 10.9 Å². The third kappa shape index (κ3) is 3.18. The Morgan fingerprint density at radius 3 is 2.39 bits per heavy atom. The van der Waals surface area contributed by atoms with Crippen molar-refractivity contribution in [3.05, 3.63) is 107 Å². The van der Waals surface area contributed by atoms with Crippen molar-refractivity contribution in [2.75, 3.05) is 0 Å². The predicted molar refractivity (Wildman–Crippen MR) is 130 cm³/mol. The van der Waals surface area contributed by atoms with Gasteiger partial charge in [0.2, 0.25) is 0 Å². The van der Waals surface area contributed by atoms with Gasteiger partial charge in [-0.05, 0) is 36.8 Å². The normalized spacial score (nSPS) is 11.8. The highest BCUT2D eigenvalue weighted by Gasteiger charge is 2.20. The SMILES string of the molecule is Cc1cccc(/C=N\n2c3nc4ccccc4nc3c3c(=O)n(-c4ccccc4)cnc32)c1. The topological polar surface area (TPSA) is 78.0 Å². The molecule has 6 rings (SSSR count). The number of hydrogen-bond donors (Lipinski definition) is 0. The lowest BCUT2D eigenvalue weighted by Crippen LogP contribution is -2.18. The van der Waals surface area contributed by atoms with Crippen molar-refractivity contribution >= 4 is 39.4 Å². The molecule has 6 aromatic rings. The van der Waals surface area contributed by atoms with E-state index in [1.807, 2.05) is 85.8 Å². The van der Waals surface area contributed by atoms with Crippen LogP contribution < -0.4 is 5.56 Å². The van der Waals surface area contributed by atoms with Gasteiger partial charge in [-0.15, -0.1) is 0 Å². The Kier molecular flexibility index (Phi) is 4.33. The van der Waals surface area contributed by atoms with Crippen LogP contribution in [-0.2, 0) is 0 Å². The average Bonchev–Trinajstić information content (AvgIpc) is 3.15. The zero-order valence-corrected chi connectivity index (χ0v) is 17.8. The maximum Gasteiger partial charge on any atom is 0.269 e. The number of rotatable bonds is 3. The summed E-state index contributed by atoms with van der Waals surface area (Å²) in [7, 11) is 0. The minimum atomic E-state index is -0.217. The number of para-hydroxylation sites is 3. The van der Waals surface area contributed by atoms with E-state index in [9.17, 15) is 4.79 Å². The van der Waals surface area contributed by atoms with E-state index in [-0.39, 0.29) is 5.56 Å². The molecule has 0 radical (unpaired) electrons. The van der Waals surface area contributed by atoms with Crippen molar-refractivity contribution in [2.24, 2.45) is 5.10 Å². The van der Waals surface area contributed by atoms with E-state index in [2.05, 4.69) is 10.1 Å². The second kappa shape index (κ2) is 7.49. The molecule has 0 spiro atoms. The van der Waals surface area contributed by atoms with Crippen molar-refractivity contribution in [1.82, 2.24) is 24.2 Å². The van der Waals surface area contributed by atoms with Crippen LogP contribution in [0.3, 0.4) is 0 Å². The predicted octanol–water partition coefficient (Wildman–Crippen LogP) is 4.47. The summed E-state index contributed by atoms with van der Waals surface area (Å²) in [6.45, 7) is 2.03. The molecule has 0 amide bonds. The minimum absolute atomic E-state index is 0.217. The molecule has 0 bridgehead atoms. The molecule has 7 heteroatoms. The zero-order valence-electron chi connectivity index (χ0n) is 17.8. The Labute approximate surface area is 188 Å². The second-order valence-electron chi connectivity index (χ2n) is 7.81. The van der Waals surface area contributed by atoms with Crippen LogP contribution >= 0.6 is 0 Å². The van der Waals surface area contributed by atoms with Gasteiger partial charge >= 0.3 is 0 Å². The highest BCUT2D eigenvalue weighted by Crippen LogP contribution is 2.25. The minimum Gasteiger partial charge on any atom is -0.268 e. The summed E-state index contributed by atoms with van der Waals surface area (Å²) in [4.78, 5) is 27.8. The third-order valence-electron chi connectivity index (χ3n) is 5.54. The van der Waals surface area contributed by atoms with Crippen LogP contribution in [0.4, 0.5) is 0 Å². The molecule has 0 aliphatic heterocycles. The number of benzene rings is 3. The van der Waals surface area contributed by atoms with Crippen molar-refractivity contribution in [3.63, 3.8) is 0 Å². The van der Waals surface area contributed by atoms with Crippen LogP contribution in [0, 0.1) is 6.92 Å². The van der Waals surface area contributed by atoms with Gasteiger partial charge in [-0.2, -0.15) is 9.78 Å². The maximum absolute atomic E-state index is 13.6. The van der Waals surface area contributed by atoms with Gasteiger partial charge in [-0.3, -0.25) is 9.36 Å². The highest BCUT2D eigenvalue weighted by atomic mass is 16.1. The molecule has 0 aliphatic carbocycles. The monoisotopic (exact) mass is 430 g/mol. The van der Waals surface area contributed by atoms with Crippen LogP contribution in [-0.4, -0.2) is 30.4 Å². The first kappa shape index (κ1) is 19.1. The van der Waals surface area contributed by atoms with Gasteiger partial charge in [-0.1, -0.05) is 60.2 Å². The van der Waals surface area contributed by atoms with Gasteiger partial charge in [-0.25, -0.2) is 15.0 Å². The van der Waals surface area contributed by atoms with Gasteiger partial charge in [0.05, 0.1) is 22.9 Å². The molecule has 0 atom stereocenters. The molecule has 3 aromatic heterocycles. The molecule has 3 heterocycles. The lowest BCUT2D eigenvalue weighted by molar-refractivity contribution is 0.906. The fraction of sp³-hybridized carbons (Fsp3) is 0.0385. The van der Waals surface area contributed by atoms with E-state index in [0.29, 0.717) is 27.7 Å². The standard InChI is InChI=1S/C26H18N6O/c1-17-8-7-9-18(14-17)15-28-32-24-22(23-25(32)30-21-13-6-5-12-20(21)29-23)26(33)31(16-27-24)19-10-3-2-4-11-19/h2-16H,1H3/b28-15-. The summed E-state index contributed by atoms with van der Waals surface area (Å²) in [6.07, 6.45) is 3.27. The molecule has 158 valence electrons. The molecule has 0 aliphatic rings. The van der Waals surface area contributed by atoms with E-state index in [1.54, 1.807) is 10.9 Å². The Morgan fingerprint density at radius 2 is 1.61 bits per heavy atom. The zero-order chi connectivity index (χ0) is 22.4. The van der Waals surface area contributed by atoms with Crippen LogP contribution in [0.1, 0.15) is 11.1 Å². The molecule has 0 unspecified atom stereocenters. The molecule has 3 aromatic carbocycles. The molecular weight excluding hydrogens is 412 g/mol. The molecule has 0 N–H and O–H groups in total. The van der Waals surface area contributed by atoms with Crippen LogP contribution in [0.5, 0.6) is 0 Å². The van der Waals surface area contributed by atoms with E-state index in [4.69, 9.17) is 9.97 Å². The lowest BCUT2D eigenvalue weighted by atomic mass is 10.2. The van der Waals surface area contributed by atoms with Crippen molar-refractivity contribution in [3.8, 4) is 5.69 Å². The Hall–Kier alpha value is -4.65. The highest BCUT2D eigenvalue weighted by molar-refractivity contribution is 6.05. The van der Waals surface area contributed by atoms with Crippen molar-refractivity contribution in [1.29, 1.82) is 0 Å². The summed E-state index contributed by atoms with van der Waals surface area (Å²) >= 11 is 0. The first-order valence-electron chi connectivity index (χ1n) is 10.5. The van der Waals surface area contributed by atoms with Gasteiger partial charge in [0.25, 0.3) is 5.56 Å². The number of aryl methyl sites for hydroxylation is 1. The van der Waals surface area contributed by atoms with E-state index < -0.39 is 0 Å². The van der Waals surface area contributed by atoms with Crippen LogP contribution in [0.25, 0.3) is 38.9 Å². The smallest absolute Gasteiger partial charge is 0.268 e. The van der Waals surface area contributed by atoms with Crippen molar-refractivity contribution in [2.45, 2.75) is 6.92 Å². The molecule has 33 heavy (non-hydrogen) atoms. The Bertz CT molecular complexity index is 1750. The second-order valence-corrected chi connectivity index (χ2v) is 7.81.